The summed E-state index contributed by atoms with van der Waals surface area (Å²) >= 11 is 13.5. The lowest BCUT2D eigenvalue weighted by Crippen LogP contribution is -2.53. The number of thioether (sulfide) groups is 1. The average Bonchev–Trinajstić information content (AvgIpc) is 2.76. The first-order valence-electron chi connectivity index (χ1n) is 7.94. The molecule has 2 aliphatic rings. The molecule has 25 heavy (non-hydrogen) atoms. The van der Waals surface area contributed by atoms with Crippen LogP contribution in [0.4, 0.5) is 0 Å². The molecular formula is C16H21Cl2N3O2S2. The molecule has 2 unspecified atom stereocenters. The van der Waals surface area contributed by atoms with Gasteiger partial charge in [-0.15, -0.1) is 0 Å². The third-order valence-electron chi connectivity index (χ3n) is 4.86. The van der Waals surface area contributed by atoms with Gasteiger partial charge in [0.05, 0.1) is 11.1 Å². The number of aliphatic imine (C=N–C) groups is 1. The van der Waals surface area contributed by atoms with Crippen molar-refractivity contribution in [3.8, 4) is 0 Å². The highest BCUT2D eigenvalue weighted by Gasteiger charge is 2.43. The number of aryl methyl sites for hydroxylation is 1. The average molecular weight is 422 g/mol. The minimum absolute atomic E-state index is 0.0502. The molecule has 2 atom stereocenters. The molecule has 0 aliphatic carbocycles. The van der Waals surface area contributed by atoms with Gasteiger partial charge >= 0.3 is 0 Å². The van der Waals surface area contributed by atoms with Crippen molar-refractivity contribution in [2.45, 2.75) is 48.9 Å². The molecule has 3 rings (SSSR count). The van der Waals surface area contributed by atoms with Crippen molar-refractivity contribution in [1.82, 2.24) is 9.62 Å². The topological polar surface area (TPSA) is 61.8 Å². The third-order valence-corrected chi connectivity index (χ3v) is 8.35. The fraction of sp³-hybridized carbons (Fsp3) is 0.562. The summed E-state index contributed by atoms with van der Waals surface area (Å²) in [5.41, 5.74) is 0.558. The maximum Gasteiger partial charge on any atom is 0.265 e. The normalized spacial score (nSPS) is 26.2. The number of hydrogen-bond donors (Lipinski definition) is 1. The van der Waals surface area contributed by atoms with Crippen LogP contribution in [0.5, 0.6) is 0 Å². The van der Waals surface area contributed by atoms with E-state index in [1.807, 2.05) is 0 Å². The second-order valence-electron chi connectivity index (χ2n) is 7.19. The van der Waals surface area contributed by atoms with E-state index in [4.69, 9.17) is 23.2 Å². The number of sulfonamides is 1. The van der Waals surface area contributed by atoms with Crippen LogP contribution in [0.1, 0.15) is 25.8 Å². The number of likely N-dealkylation sites (tertiary alicyclic amines) is 1. The Bertz CT molecular complexity index is 817. The molecule has 0 bridgehead atoms. The summed E-state index contributed by atoms with van der Waals surface area (Å²) in [6.07, 6.45) is 0.896. The number of piperidine rings is 1. The van der Waals surface area contributed by atoms with E-state index < -0.39 is 10.0 Å². The first kappa shape index (κ1) is 19.3. The number of benzene rings is 1. The van der Waals surface area contributed by atoms with E-state index in [2.05, 4.69) is 35.5 Å². The first-order valence-corrected chi connectivity index (χ1v) is 11.1. The summed E-state index contributed by atoms with van der Waals surface area (Å²) < 4.78 is 28.2. The molecular weight excluding hydrogens is 401 g/mol. The minimum atomic E-state index is -3.81. The summed E-state index contributed by atoms with van der Waals surface area (Å²) in [4.78, 5) is 6.97. The van der Waals surface area contributed by atoms with Crippen LogP contribution in [0.25, 0.3) is 0 Å². The number of halogens is 2. The number of nitrogens with one attached hydrogen (secondary N) is 1. The Morgan fingerprint density at radius 3 is 2.68 bits per heavy atom. The molecule has 0 amide bonds. The lowest BCUT2D eigenvalue weighted by molar-refractivity contribution is 0.102. The van der Waals surface area contributed by atoms with Crippen LogP contribution in [0, 0.1) is 6.92 Å². The molecule has 1 fully saturated rings. The van der Waals surface area contributed by atoms with Gasteiger partial charge in [-0.25, -0.2) is 8.42 Å². The Kier molecular flexibility index (Phi) is 5.10. The largest absolute Gasteiger partial charge is 0.300 e. The van der Waals surface area contributed by atoms with E-state index in [0.29, 0.717) is 15.8 Å². The highest BCUT2D eigenvalue weighted by Crippen LogP contribution is 2.38. The zero-order valence-corrected chi connectivity index (χ0v) is 17.7. The molecule has 9 heteroatoms. The highest BCUT2D eigenvalue weighted by atomic mass is 35.5. The highest BCUT2D eigenvalue weighted by molar-refractivity contribution is 8.15. The van der Waals surface area contributed by atoms with Gasteiger partial charge in [-0.2, -0.15) is 0 Å². The van der Waals surface area contributed by atoms with Crippen LogP contribution in [0.3, 0.4) is 0 Å². The summed E-state index contributed by atoms with van der Waals surface area (Å²) in [5.74, 6) is 0. The molecule has 2 heterocycles. The Morgan fingerprint density at radius 2 is 2.04 bits per heavy atom. The number of hydrogen-bond acceptors (Lipinski definition) is 5. The maximum absolute atomic E-state index is 12.8. The Labute approximate surface area is 163 Å². The summed E-state index contributed by atoms with van der Waals surface area (Å²) in [6, 6.07) is 3.14. The van der Waals surface area contributed by atoms with Crippen molar-refractivity contribution in [2.75, 3.05) is 13.6 Å². The van der Waals surface area contributed by atoms with Gasteiger partial charge in [0.2, 0.25) is 0 Å². The maximum atomic E-state index is 12.8. The van der Waals surface area contributed by atoms with Gasteiger partial charge in [0, 0.05) is 22.4 Å². The number of nitrogens with zero attached hydrogens (tertiary/aromatic N) is 2. The second kappa shape index (κ2) is 6.60. The molecule has 0 spiro atoms. The predicted octanol–water partition coefficient (Wildman–Crippen LogP) is 3.53. The van der Waals surface area contributed by atoms with Crippen molar-refractivity contribution < 1.29 is 8.42 Å². The Morgan fingerprint density at radius 1 is 1.36 bits per heavy atom. The fourth-order valence-corrected chi connectivity index (χ4v) is 6.95. The Hall–Kier alpha value is -0.470. The molecule has 0 radical (unpaired) electrons. The van der Waals surface area contributed by atoms with Crippen molar-refractivity contribution >= 4 is 50.2 Å². The van der Waals surface area contributed by atoms with Crippen LogP contribution in [-0.4, -0.2) is 48.9 Å². The molecule has 138 valence electrons. The summed E-state index contributed by atoms with van der Waals surface area (Å²) in [7, 11) is -1.72. The van der Waals surface area contributed by atoms with Crippen LogP contribution in [-0.2, 0) is 10.0 Å². The third kappa shape index (κ3) is 3.81. The van der Waals surface area contributed by atoms with Gasteiger partial charge < -0.3 is 0 Å². The zero-order chi connectivity index (χ0) is 18.6. The van der Waals surface area contributed by atoms with Gasteiger partial charge in [0.25, 0.3) is 10.0 Å². The lowest BCUT2D eigenvalue weighted by Gasteiger charge is -2.44. The van der Waals surface area contributed by atoms with E-state index in [1.54, 1.807) is 13.0 Å². The van der Waals surface area contributed by atoms with Crippen LogP contribution < -0.4 is 4.72 Å². The van der Waals surface area contributed by atoms with Crippen LogP contribution >= 0.6 is 35.0 Å². The molecule has 1 saturated heterocycles. The van der Waals surface area contributed by atoms with Gasteiger partial charge in [-0.3, -0.25) is 14.6 Å². The standard InChI is InChI=1S/C16H21Cl2N3O2S2/c1-9-5-10(17)6-11(18)14(9)25(22,23)20-15-19-12-7-16(2,3)21(4)8-13(12)24-15/h5-6,12-13H,7-8H2,1-4H3,(H,19,20). The molecule has 2 aliphatic heterocycles. The number of fused-ring (bicyclic) bond motifs is 1. The number of amidine groups is 1. The first-order chi connectivity index (χ1) is 11.5. The smallest absolute Gasteiger partial charge is 0.265 e. The van der Waals surface area contributed by atoms with E-state index >= 15 is 0 Å². The second-order valence-corrected chi connectivity index (χ2v) is 10.9. The van der Waals surface area contributed by atoms with Gasteiger partial charge in [0.1, 0.15) is 4.90 Å². The fourth-order valence-electron chi connectivity index (χ4n) is 3.25. The van der Waals surface area contributed by atoms with Crippen molar-refractivity contribution in [2.24, 2.45) is 4.99 Å². The van der Waals surface area contributed by atoms with Gasteiger partial charge in [-0.1, -0.05) is 35.0 Å². The SMILES string of the molecule is Cc1cc(Cl)cc(Cl)c1S(=O)(=O)NC1=NC2CC(C)(C)N(C)CC2S1. The molecule has 1 N–H and O–H groups in total. The molecule has 1 aromatic rings. The molecule has 1 aromatic carbocycles. The van der Waals surface area contributed by atoms with Crippen LogP contribution in [0.2, 0.25) is 10.0 Å². The summed E-state index contributed by atoms with van der Waals surface area (Å²) in [6.45, 7) is 6.91. The molecule has 0 aromatic heterocycles. The molecule has 5 nitrogen and oxygen atoms in total. The van der Waals surface area contributed by atoms with E-state index in [0.717, 1.165) is 13.0 Å². The molecule has 0 saturated carbocycles. The van der Waals surface area contributed by atoms with E-state index in [9.17, 15) is 8.42 Å². The van der Waals surface area contributed by atoms with Gasteiger partial charge in [-0.05, 0) is 51.9 Å². The predicted molar refractivity (Wildman–Crippen MR) is 105 cm³/mol. The van der Waals surface area contributed by atoms with Crippen molar-refractivity contribution in [3.05, 3.63) is 27.7 Å². The van der Waals surface area contributed by atoms with Crippen LogP contribution in [0.15, 0.2) is 22.0 Å². The quantitative estimate of drug-likeness (QED) is 0.792. The Balaban J connectivity index is 1.84. The summed E-state index contributed by atoms with van der Waals surface area (Å²) in [5, 5.41) is 1.22. The minimum Gasteiger partial charge on any atom is -0.300 e. The zero-order valence-electron chi connectivity index (χ0n) is 14.5. The lowest BCUT2D eigenvalue weighted by atomic mass is 9.87. The van der Waals surface area contributed by atoms with Gasteiger partial charge in [0.15, 0.2) is 5.17 Å². The van der Waals surface area contributed by atoms with E-state index in [1.165, 1.54) is 17.8 Å². The van der Waals surface area contributed by atoms with Crippen molar-refractivity contribution in [3.63, 3.8) is 0 Å². The van der Waals surface area contributed by atoms with Crippen molar-refractivity contribution in [1.29, 1.82) is 0 Å². The number of rotatable bonds is 2. The van der Waals surface area contributed by atoms with E-state index in [-0.39, 0.29) is 26.7 Å². The monoisotopic (exact) mass is 421 g/mol.